The van der Waals surface area contributed by atoms with Crippen molar-refractivity contribution in [1.82, 2.24) is 0 Å². The highest BCUT2D eigenvalue weighted by Crippen LogP contribution is 2.50. The lowest BCUT2D eigenvalue weighted by Gasteiger charge is -2.30. The van der Waals surface area contributed by atoms with Crippen LogP contribution in [0.2, 0.25) is 0 Å². The maximum Gasteiger partial charge on any atom is 0.0915 e. The topological polar surface area (TPSA) is 23.8 Å². The fraction of sp³-hybridized carbons (Fsp3) is 0.400. The zero-order valence-corrected chi connectivity index (χ0v) is 9.32. The molecule has 0 amide bonds. The Morgan fingerprint density at radius 1 is 1.25 bits per heavy atom. The van der Waals surface area contributed by atoms with E-state index in [1.165, 1.54) is 36.0 Å². The number of rotatable bonds is 0. The van der Waals surface area contributed by atoms with Crippen molar-refractivity contribution in [1.29, 1.82) is 5.26 Å². The Kier molecular flexibility index (Phi) is 2.29. The standard InChI is InChI=1S/C15H15N/c16-9-8-12-10-11-4-3-7-14(11)15-6-2-1-5-13(12)15/h1-2,5-6,8,11,14H,3-4,7,10H2/b12-8+. The van der Waals surface area contributed by atoms with Crippen LogP contribution in [0.4, 0.5) is 0 Å². The Morgan fingerprint density at radius 2 is 2.12 bits per heavy atom. The molecule has 80 valence electrons. The zero-order valence-electron chi connectivity index (χ0n) is 9.32. The van der Waals surface area contributed by atoms with E-state index in [-0.39, 0.29) is 0 Å². The maximum atomic E-state index is 8.86. The Labute approximate surface area is 96.4 Å². The van der Waals surface area contributed by atoms with E-state index < -0.39 is 0 Å². The fourth-order valence-corrected chi connectivity index (χ4v) is 3.41. The molecule has 1 fully saturated rings. The molecule has 1 heteroatoms. The Balaban J connectivity index is 2.14. The first kappa shape index (κ1) is 9.66. The van der Waals surface area contributed by atoms with Gasteiger partial charge in [0.1, 0.15) is 0 Å². The molecule has 0 bridgehead atoms. The van der Waals surface area contributed by atoms with E-state index in [0.717, 1.165) is 18.3 Å². The Morgan fingerprint density at radius 3 is 3.00 bits per heavy atom. The van der Waals surface area contributed by atoms with Gasteiger partial charge < -0.3 is 0 Å². The van der Waals surface area contributed by atoms with Crippen molar-refractivity contribution in [3.8, 4) is 6.07 Å². The highest BCUT2D eigenvalue weighted by atomic mass is 14.4. The zero-order chi connectivity index (χ0) is 11.0. The van der Waals surface area contributed by atoms with Crippen LogP contribution in [0.25, 0.3) is 5.57 Å². The van der Waals surface area contributed by atoms with Crippen LogP contribution in [-0.2, 0) is 0 Å². The summed E-state index contributed by atoms with van der Waals surface area (Å²) in [5, 5.41) is 8.86. The van der Waals surface area contributed by atoms with E-state index in [9.17, 15) is 0 Å². The predicted octanol–water partition coefficient (Wildman–Crippen LogP) is 3.88. The minimum Gasteiger partial charge on any atom is -0.193 e. The molecule has 2 atom stereocenters. The molecular weight excluding hydrogens is 194 g/mol. The average Bonchev–Trinajstić information content (AvgIpc) is 2.78. The highest BCUT2D eigenvalue weighted by Gasteiger charge is 2.34. The number of hydrogen-bond acceptors (Lipinski definition) is 1. The monoisotopic (exact) mass is 209 g/mol. The van der Waals surface area contributed by atoms with Crippen LogP contribution in [0.15, 0.2) is 30.3 Å². The number of hydrogen-bond donors (Lipinski definition) is 0. The first-order valence-electron chi connectivity index (χ1n) is 6.08. The molecule has 1 saturated carbocycles. The van der Waals surface area contributed by atoms with Gasteiger partial charge in [0.05, 0.1) is 6.07 Å². The first-order chi connectivity index (χ1) is 7.90. The van der Waals surface area contributed by atoms with E-state index in [2.05, 4.69) is 30.3 Å². The summed E-state index contributed by atoms with van der Waals surface area (Å²) in [6.07, 6.45) is 6.87. The molecule has 0 spiro atoms. The van der Waals surface area contributed by atoms with Gasteiger partial charge >= 0.3 is 0 Å². The lowest BCUT2D eigenvalue weighted by molar-refractivity contribution is 0.483. The van der Waals surface area contributed by atoms with Gasteiger partial charge in [-0.15, -0.1) is 0 Å². The van der Waals surface area contributed by atoms with Gasteiger partial charge in [-0.25, -0.2) is 0 Å². The molecule has 1 aromatic rings. The van der Waals surface area contributed by atoms with Crippen molar-refractivity contribution < 1.29 is 0 Å². The fourth-order valence-electron chi connectivity index (χ4n) is 3.41. The van der Waals surface area contributed by atoms with Crippen LogP contribution in [0.1, 0.15) is 42.7 Å². The summed E-state index contributed by atoms with van der Waals surface area (Å²) < 4.78 is 0. The third kappa shape index (κ3) is 1.38. The van der Waals surface area contributed by atoms with Gasteiger partial charge in [0.25, 0.3) is 0 Å². The van der Waals surface area contributed by atoms with E-state index in [0.29, 0.717) is 0 Å². The van der Waals surface area contributed by atoms with Crippen LogP contribution < -0.4 is 0 Å². The van der Waals surface area contributed by atoms with Crippen molar-refractivity contribution in [2.75, 3.05) is 0 Å². The molecule has 1 aromatic carbocycles. The molecule has 2 aliphatic carbocycles. The lowest BCUT2D eigenvalue weighted by atomic mass is 9.74. The van der Waals surface area contributed by atoms with Gasteiger partial charge in [-0.1, -0.05) is 30.7 Å². The van der Waals surface area contributed by atoms with Gasteiger partial charge in [0, 0.05) is 6.08 Å². The number of allylic oxidation sites excluding steroid dienone is 2. The summed E-state index contributed by atoms with van der Waals surface area (Å²) in [5.74, 6) is 1.54. The van der Waals surface area contributed by atoms with Gasteiger partial charge in [-0.05, 0) is 47.8 Å². The normalized spacial score (nSPS) is 29.6. The van der Waals surface area contributed by atoms with Crippen LogP contribution in [0.5, 0.6) is 0 Å². The lowest BCUT2D eigenvalue weighted by Crippen LogP contribution is -2.15. The van der Waals surface area contributed by atoms with Crippen molar-refractivity contribution in [3.63, 3.8) is 0 Å². The minimum absolute atomic E-state index is 0.757. The Bertz CT molecular complexity index is 478. The summed E-state index contributed by atoms with van der Waals surface area (Å²) in [6, 6.07) is 10.8. The van der Waals surface area contributed by atoms with E-state index >= 15 is 0 Å². The third-order valence-corrected chi connectivity index (χ3v) is 4.09. The number of fused-ring (bicyclic) bond motifs is 3. The van der Waals surface area contributed by atoms with Gasteiger partial charge in [-0.3, -0.25) is 0 Å². The molecule has 0 saturated heterocycles. The summed E-state index contributed by atoms with van der Waals surface area (Å²) in [6.45, 7) is 0. The molecule has 0 N–H and O–H groups in total. The van der Waals surface area contributed by atoms with Gasteiger partial charge in [-0.2, -0.15) is 5.26 Å². The van der Waals surface area contributed by atoms with Crippen molar-refractivity contribution >= 4 is 5.57 Å². The quantitative estimate of drug-likeness (QED) is 0.595. The molecule has 1 nitrogen and oxygen atoms in total. The third-order valence-electron chi connectivity index (χ3n) is 4.09. The number of benzene rings is 1. The van der Waals surface area contributed by atoms with E-state index in [4.69, 9.17) is 5.26 Å². The second kappa shape index (κ2) is 3.79. The summed E-state index contributed by atoms with van der Waals surface area (Å²) in [4.78, 5) is 0. The van der Waals surface area contributed by atoms with Crippen LogP contribution in [-0.4, -0.2) is 0 Å². The SMILES string of the molecule is N#C/C=C1\CC2CCCC2c2ccccc21. The molecular formula is C15H15N. The predicted molar refractivity (Wildman–Crippen MR) is 64.7 cm³/mol. The number of nitriles is 1. The summed E-state index contributed by atoms with van der Waals surface area (Å²) in [5.41, 5.74) is 4.06. The van der Waals surface area contributed by atoms with Crippen LogP contribution >= 0.6 is 0 Å². The molecule has 16 heavy (non-hydrogen) atoms. The summed E-state index contributed by atoms with van der Waals surface area (Å²) >= 11 is 0. The van der Waals surface area contributed by atoms with Crippen LogP contribution in [0, 0.1) is 17.2 Å². The summed E-state index contributed by atoms with van der Waals surface area (Å²) in [7, 11) is 0. The second-order valence-corrected chi connectivity index (χ2v) is 4.89. The second-order valence-electron chi connectivity index (χ2n) is 4.89. The minimum atomic E-state index is 0.757. The van der Waals surface area contributed by atoms with Gasteiger partial charge in [0.15, 0.2) is 0 Å². The van der Waals surface area contributed by atoms with Crippen molar-refractivity contribution in [2.45, 2.75) is 31.6 Å². The van der Waals surface area contributed by atoms with E-state index in [1.54, 1.807) is 6.08 Å². The number of nitrogens with zero attached hydrogens (tertiary/aromatic N) is 1. The molecule has 0 heterocycles. The highest BCUT2D eigenvalue weighted by molar-refractivity contribution is 5.73. The van der Waals surface area contributed by atoms with Crippen molar-refractivity contribution in [2.24, 2.45) is 5.92 Å². The van der Waals surface area contributed by atoms with Crippen LogP contribution in [0.3, 0.4) is 0 Å². The smallest absolute Gasteiger partial charge is 0.0915 e. The molecule has 2 unspecified atom stereocenters. The van der Waals surface area contributed by atoms with Gasteiger partial charge in [0.2, 0.25) is 0 Å². The maximum absolute atomic E-state index is 8.86. The molecule has 0 radical (unpaired) electrons. The molecule has 2 aliphatic rings. The first-order valence-corrected chi connectivity index (χ1v) is 6.08. The molecule has 0 aliphatic heterocycles. The Hall–Kier alpha value is -1.55. The average molecular weight is 209 g/mol. The molecule has 0 aromatic heterocycles. The largest absolute Gasteiger partial charge is 0.193 e. The van der Waals surface area contributed by atoms with E-state index in [1.807, 2.05) is 0 Å². The van der Waals surface area contributed by atoms with Crippen molar-refractivity contribution in [3.05, 3.63) is 41.5 Å². The molecule has 3 rings (SSSR count).